The van der Waals surface area contributed by atoms with Crippen molar-refractivity contribution in [1.82, 2.24) is 10.1 Å². The van der Waals surface area contributed by atoms with Gasteiger partial charge >= 0.3 is 12.7 Å². The van der Waals surface area contributed by atoms with E-state index in [1.165, 1.54) is 24.3 Å². The van der Waals surface area contributed by atoms with Crippen LogP contribution in [-0.2, 0) is 0 Å². The molecule has 2 aromatic carbocycles. The molecular formula is C17H11ClF2N2O4. The number of ketones is 1. The second-order valence-electron chi connectivity index (χ2n) is 4.98. The number of carbonyl (C=O) groups is 1. The fourth-order valence-corrected chi connectivity index (χ4v) is 2.27. The Morgan fingerprint density at radius 2 is 1.88 bits per heavy atom. The van der Waals surface area contributed by atoms with Crippen LogP contribution in [0, 0.1) is 0 Å². The summed E-state index contributed by atoms with van der Waals surface area (Å²) < 4.78 is 38.5. The minimum absolute atomic E-state index is 0.0428. The Hall–Kier alpha value is -3.00. The Balaban J connectivity index is 1.61. The third-order valence-corrected chi connectivity index (χ3v) is 3.58. The van der Waals surface area contributed by atoms with Crippen LogP contribution < -0.4 is 9.47 Å². The molecule has 0 unspecified atom stereocenters. The summed E-state index contributed by atoms with van der Waals surface area (Å²) in [7, 11) is 0. The minimum atomic E-state index is -2.93. The predicted octanol–water partition coefficient (Wildman–Crippen LogP) is 4.25. The molecule has 0 aliphatic heterocycles. The van der Waals surface area contributed by atoms with E-state index in [2.05, 4.69) is 14.9 Å². The van der Waals surface area contributed by atoms with Gasteiger partial charge in [0.25, 0.3) is 0 Å². The number of nitrogens with zero attached hydrogens (tertiary/aromatic N) is 2. The van der Waals surface area contributed by atoms with Crippen molar-refractivity contribution in [3.8, 4) is 23.2 Å². The van der Waals surface area contributed by atoms with Gasteiger partial charge < -0.3 is 9.47 Å². The highest BCUT2D eigenvalue weighted by molar-refractivity contribution is 6.33. The van der Waals surface area contributed by atoms with Crippen molar-refractivity contribution in [2.24, 2.45) is 0 Å². The molecule has 6 nitrogen and oxygen atoms in total. The third-order valence-electron chi connectivity index (χ3n) is 3.25. The number of alkyl halides is 2. The van der Waals surface area contributed by atoms with Crippen molar-refractivity contribution >= 4 is 17.4 Å². The molecule has 0 saturated heterocycles. The number of halogens is 3. The lowest BCUT2D eigenvalue weighted by Crippen LogP contribution is -2.11. The van der Waals surface area contributed by atoms with E-state index >= 15 is 0 Å². The first kappa shape index (κ1) is 17.8. The van der Waals surface area contributed by atoms with Crippen LogP contribution in [0.1, 0.15) is 10.4 Å². The van der Waals surface area contributed by atoms with Crippen molar-refractivity contribution in [1.29, 1.82) is 0 Å². The zero-order valence-electron chi connectivity index (χ0n) is 13.1. The molecule has 3 rings (SSSR count). The molecular weight excluding hydrogens is 370 g/mol. The van der Waals surface area contributed by atoms with Crippen LogP contribution >= 0.6 is 11.6 Å². The van der Waals surface area contributed by atoms with Gasteiger partial charge in [0.15, 0.2) is 12.4 Å². The van der Waals surface area contributed by atoms with E-state index in [0.29, 0.717) is 10.6 Å². The van der Waals surface area contributed by atoms with Crippen molar-refractivity contribution in [3.05, 3.63) is 59.1 Å². The van der Waals surface area contributed by atoms with E-state index < -0.39 is 12.4 Å². The second-order valence-corrected chi connectivity index (χ2v) is 5.39. The average molecular weight is 381 g/mol. The summed E-state index contributed by atoms with van der Waals surface area (Å²) in [6, 6.07) is 12.2. The molecule has 0 aliphatic rings. The molecule has 0 spiro atoms. The summed E-state index contributed by atoms with van der Waals surface area (Å²) in [5.41, 5.74) is 0.825. The summed E-state index contributed by atoms with van der Waals surface area (Å²) in [5, 5.41) is 4.19. The Labute approximate surface area is 151 Å². The molecule has 26 heavy (non-hydrogen) atoms. The van der Waals surface area contributed by atoms with E-state index in [4.69, 9.17) is 20.9 Å². The molecule has 0 radical (unpaired) electrons. The largest absolute Gasteiger partial charge is 0.440 e. The van der Waals surface area contributed by atoms with Gasteiger partial charge in [0.1, 0.15) is 5.75 Å². The van der Waals surface area contributed by atoms with Crippen LogP contribution in [0.15, 0.2) is 53.1 Å². The highest BCUT2D eigenvalue weighted by atomic mass is 35.5. The normalized spacial score (nSPS) is 10.8. The molecule has 0 N–H and O–H groups in total. The quantitative estimate of drug-likeness (QED) is 0.570. The van der Waals surface area contributed by atoms with Gasteiger partial charge in [-0.05, 0) is 36.4 Å². The lowest BCUT2D eigenvalue weighted by Gasteiger charge is -2.05. The Morgan fingerprint density at radius 3 is 2.58 bits per heavy atom. The van der Waals surface area contributed by atoms with Crippen molar-refractivity contribution in [2.45, 2.75) is 6.61 Å². The zero-order chi connectivity index (χ0) is 18.5. The summed E-state index contributed by atoms with van der Waals surface area (Å²) in [5.74, 6) is -0.212. The van der Waals surface area contributed by atoms with E-state index in [1.54, 1.807) is 24.3 Å². The molecule has 3 aromatic rings. The van der Waals surface area contributed by atoms with E-state index in [1.807, 2.05) is 0 Å². The molecule has 9 heteroatoms. The maximum absolute atomic E-state index is 12.1. The number of hydrogen-bond donors (Lipinski definition) is 0. The first-order chi connectivity index (χ1) is 12.5. The van der Waals surface area contributed by atoms with Gasteiger partial charge in [-0.2, -0.15) is 13.8 Å². The molecule has 0 fully saturated rings. The van der Waals surface area contributed by atoms with Crippen LogP contribution in [0.25, 0.3) is 11.4 Å². The first-order valence-electron chi connectivity index (χ1n) is 7.32. The molecule has 1 aromatic heterocycles. The number of carbonyl (C=O) groups excluding carboxylic acids is 1. The van der Waals surface area contributed by atoms with Crippen molar-refractivity contribution < 1.29 is 27.6 Å². The van der Waals surface area contributed by atoms with Crippen LogP contribution in [0.5, 0.6) is 11.8 Å². The standard InChI is InChI=1S/C17H11ClF2N2O4/c18-13-4-2-1-3-12(13)15-21-17(26-22-15)24-9-14(23)10-5-7-11(8-6-10)25-16(19)20/h1-8,16H,9H2. The summed E-state index contributed by atoms with van der Waals surface area (Å²) in [6.45, 7) is -3.29. The highest BCUT2D eigenvalue weighted by Crippen LogP contribution is 2.26. The van der Waals surface area contributed by atoms with E-state index in [9.17, 15) is 13.6 Å². The molecule has 1 heterocycles. The maximum Gasteiger partial charge on any atom is 0.418 e. The van der Waals surface area contributed by atoms with E-state index in [0.717, 1.165) is 0 Å². The molecule has 134 valence electrons. The number of Topliss-reactive ketones (excluding diaryl/α,β-unsaturated/α-hetero) is 1. The maximum atomic E-state index is 12.1. The fourth-order valence-electron chi connectivity index (χ4n) is 2.05. The van der Waals surface area contributed by atoms with Crippen LogP contribution in [0.2, 0.25) is 5.02 Å². The average Bonchev–Trinajstić information content (AvgIpc) is 3.09. The summed E-state index contributed by atoms with van der Waals surface area (Å²) in [6.07, 6.45) is -0.189. The monoisotopic (exact) mass is 380 g/mol. The Bertz CT molecular complexity index is 900. The Kier molecular flexibility index (Phi) is 5.43. The highest BCUT2D eigenvalue weighted by Gasteiger charge is 2.14. The van der Waals surface area contributed by atoms with Crippen molar-refractivity contribution in [3.63, 3.8) is 0 Å². The fraction of sp³-hybridized carbons (Fsp3) is 0.118. The lowest BCUT2D eigenvalue weighted by molar-refractivity contribution is -0.0498. The predicted molar refractivity (Wildman–Crippen MR) is 87.6 cm³/mol. The number of benzene rings is 2. The minimum Gasteiger partial charge on any atom is -0.440 e. The summed E-state index contributed by atoms with van der Waals surface area (Å²) >= 11 is 6.05. The van der Waals surface area contributed by atoms with Gasteiger partial charge in [-0.3, -0.25) is 9.32 Å². The third kappa shape index (κ3) is 4.34. The van der Waals surface area contributed by atoms with Gasteiger partial charge in [-0.1, -0.05) is 28.9 Å². The van der Waals surface area contributed by atoms with Gasteiger partial charge in [-0.15, -0.1) is 0 Å². The van der Waals surface area contributed by atoms with Crippen molar-refractivity contribution in [2.75, 3.05) is 6.61 Å². The Morgan fingerprint density at radius 1 is 1.15 bits per heavy atom. The van der Waals surface area contributed by atoms with Gasteiger partial charge in [0.05, 0.1) is 5.02 Å². The molecule has 0 saturated carbocycles. The number of rotatable bonds is 7. The lowest BCUT2D eigenvalue weighted by atomic mass is 10.1. The molecule has 0 bridgehead atoms. The van der Waals surface area contributed by atoms with Crippen LogP contribution in [0.3, 0.4) is 0 Å². The topological polar surface area (TPSA) is 74.5 Å². The van der Waals surface area contributed by atoms with Gasteiger partial charge in [0, 0.05) is 11.1 Å². The SMILES string of the molecule is O=C(COc1nc(-c2ccccc2Cl)no1)c1ccc(OC(F)F)cc1. The summed E-state index contributed by atoms with van der Waals surface area (Å²) in [4.78, 5) is 16.1. The van der Waals surface area contributed by atoms with Crippen LogP contribution in [-0.4, -0.2) is 29.1 Å². The number of hydrogen-bond acceptors (Lipinski definition) is 6. The van der Waals surface area contributed by atoms with Gasteiger partial charge in [0.2, 0.25) is 5.82 Å². The smallest absolute Gasteiger partial charge is 0.418 e. The van der Waals surface area contributed by atoms with Gasteiger partial charge in [-0.25, -0.2) is 0 Å². The van der Waals surface area contributed by atoms with Crippen LogP contribution in [0.4, 0.5) is 8.78 Å². The number of ether oxygens (including phenoxy) is 2. The first-order valence-corrected chi connectivity index (χ1v) is 7.70. The molecule has 0 amide bonds. The number of aromatic nitrogens is 2. The van der Waals surface area contributed by atoms with E-state index in [-0.39, 0.29) is 29.8 Å². The zero-order valence-corrected chi connectivity index (χ0v) is 13.8. The molecule has 0 aliphatic carbocycles. The molecule has 0 atom stereocenters. The second kappa shape index (κ2) is 7.92.